The van der Waals surface area contributed by atoms with Crippen molar-refractivity contribution in [2.45, 2.75) is 6.42 Å². The molecule has 6 heteroatoms. The number of hydrogen-bond acceptors (Lipinski definition) is 3. The van der Waals surface area contributed by atoms with Crippen LogP contribution in [-0.2, 0) is 6.42 Å². The first-order chi connectivity index (χ1) is 7.13. The smallest absolute Gasteiger partial charge is 0.196 e. The van der Waals surface area contributed by atoms with Gasteiger partial charge in [-0.3, -0.25) is 0 Å². The van der Waals surface area contributed by atoms with Crippen LogP contribution in [0, 0.1) is 17.5 Å². The van der Waals surface area contributed by atoms with Crippen LogP contribution in [0.2, 0.25) is 0 Å². The summed E-state index contributed by atoms with van der Waals surface area (Å²) in [6, 6.07) is 0.950. The number of fused-ring (bicyclic) bond motifs is 1. The molecule has 0 aliphatic carbocycles. The van der Waals surface area contributed by atoms with E-state index in [9.17, 15) is 13.2 Å². The number of benzene rings is 1. The van der Waals surface area contributed by atoms with E-state index in [4.69, 9.17) is 5.73 Å². The molecule has 0 saturated heterocycles. The van der Waals surface area contributed by atoms with Crippen molar-refractivity contribution in [2.24, 2.45) is 5.73 Å². The van der Waals surface area contributed by atoms with Crippen molar-refractivity contribution in [3.05, 3.63) is 28.5 Å². The molecule has 0 amide bonds. The highest BCUT2D eigenvalue weighted by atomic mass is 32.1. The molecule has 2 N–H and O–H groups in total. The summed E-state index contributed by atoms with van der Waals surface area (Å²) in [7, 11) is 0. The van der Waals surface area contributed by atoms with Gasteiger partial charge in [-0.05, 0) is 12.6 Å². The van der Waals surface area contributed by atoms with E-state index in [0.29, 0.717) is 22.7 Å². The maximum atomic E-state index is 13.2. The highest BCUT2D eigenvalue weighted by Gasteiger charge is 2.16. The topological polar surface area (TPSA) is 38.9 Å². The number of thiazole rings is 1. The molecule has 2 rings (SSSR count). The molecule has 0 aliphatic rings. The highest BCUT2D eigenvalue weighted by molar-refractivity contribution is 7.18. The van der Waals surface area contributed by atoms with Gasteiger partial charge in [0.05, 0.1) is 9.71 Å². The molecule has 2 aromatic rings. The zero-order valence-corrected chi connectivity index (χ0v) is 8.37. The second kappa shape index (κ2) is 3.79. The van der Waals surface area contributed by atoms with Crippen LogP contribution in [0.4, 0.5) is 13.2 Å². The molecule has 2 nitrogen and oxygen atoms in total. The summed E-state index contributed by atoms with van der Waals surface area (Å²) in [5, 5.41) is 0.580. The predicted molar refractivity (Wildman–Crippen MR) is 52.3 cm³/mol. The van der Waals surface area contributed by atoms with Crippen LogP contribution < -0.4 is 5.73 Å². The Kier molecular flexibility index (Phi) is 2.62. The van der Waals surface area contributed by atoms with Gasteiger partial charge in [0.2, 0.25) is 0 Å². The second-order valence-corrected chi connectivity index (χ2v) is 4.09. The fourth-order valence-electron chi connectivity index (χ4n) is 1.25. The van der Waals surface area contributed by atoms with Crippen LogP contribution in [0.1, 0.15) is 5.01 Å². The highest BCUT2D eigenvalue weighted by Crippen LogP contribution is 2.27. The minimum absolute atomic E-state index is 0.123. The van der Waals surface area contributed by atoms with Crippen LogP contribution in [0.3, 0.4) is 0 Å². The van der Waals surface area contributed by atoms with E-state index in [-0.39, 0.29) is 5.52 Å². The summed E-state index contributed by atoms with van der Waals surface area (Å²) in [5.41, 5.74) is 5.18. The van der Waals surface area contributed by atoms with Crippen molar-refractivity contribution in [2.75, 3.05) is 6.54 Å². The lowest BCUT2D eigenvalue weighted by Crippen LogP contribution is -2.01. The van der Waals surface area contributed by atoms with Gasteiger partial charge in [-0.25, -0.2) is 18.2 Å². The number of halogens is 3. The molecule has 0 aliphatic heterocycles. The minimum atomic E-state index is -1.48. The first-order valence-electron chi connectivity index (χ1n) is 4.26. The maximum Gasteiger partial charge on any atom is 0.196 e. The molecule has 15 heavy (non-hydrogen) atoms. The quantitative estimate of drug-likeness (QED) is 0.806. The number of nitrogens with two attached hydrogens (primary N) is 1. The third-order valence-corrected chi connectivity index (χ3v) is 2.99. The lowest BCUT2D eigenvalue weighted by Gasteiger charge is -1.94. The SMILES string of the molecule is NCCc1nc2c(F)c(F)c(F)cc2s1. The van der Waals surface area contributed by atoms with E-state index >= 15 is 0 Å². The molecule has 1 aromatic heterocycles. The third-order valence-electron chi connectivity index (χ3n) is 1.92. The first kappa shape index (κ1) is 10.4. The van der Waals surface area contributed by atoms with Gasteiger partial charge in [0.1, 0.15) is 5.52 Å². The van der Waals surface area contributed by atoms with Gasteiger partial charge in [0.15, 0.2) is 17.5 Å². The first-order valence-corrected chi connectivity index (χ1v) is 5.08. The van der Waals surface area contributed by atoms with Crippen molar-refractivity contribution in [3.8, 4) is 0 Å². The van der Waals surface area contributed by atoms with E-state index < -0.39 is 17.5 Å². The van der Waals surface area contributed by atoms with E-state index in [0.717, 1.165) is 17.4 Å². The molecule has 80 valence electrons. The van der Waals surface area contributed by atoms with Gasteiger partial charge >= 0.3 is 0 Å². The Bertz CT molecular complexity index is 510. The lowest BCUT2D eigenvalue weighted by molar-refractivity contribution is 0.453. The van der Waals surface area contributed by atoms with Crippen LogP contribution in [-0.4, -0.2) is 11.5 Å². The number of rotatable bonds is 2. The van der Waals surface area contributed by atoms with Crippen molar-refractivity contribution < 1.29 is 13.2 Å². The Morgan fingerprint density at radius 3 is 2.67 bits per heavy atom. The maximum absolute atomic E-state index is 13.2. The van der Waals surface area contributed by atoms with E-state index in [2.05, 4.69) is 4.98 Å². The van der Waals surface area contributed by atoms with Gasteiger partial charge in [0.25, 0.3) is 0 Å². The largest absolute Gasteiger partial charge is 0.330 e. The molecular formula is C9H7F3N2S. The lowest BCUT2D eigenvalue weighted by atomic mass is 10.3. The average Bonchev–Trinajstić information content (AvgIpc) is 2.58. The Labute approximate surface area is 87.5 Å². The predicted octanol–water partition coefficient (Wildman–Crippen LogP) is 2.21. The zero-order valence-electron chi connectivity index (χ0n) is 7.56. The molecule has 0 bridgehead atoms. The van der Waals surface area contributed by atoms with Crippen LogP contribution in [0.25, 0.3) is 10.2 Å². The van der Waals surface area contributed by atoms with Crippen LogP contribution in [0.5, 0.6) is 0 Å². The summed E-state index contributed by atoms with van der Waals surface area (Å²) in [6.07, 6.45) is 0.474. The van der Waals surface area contributed by atoms with Crippen LogP contribution >= 0.6 is 11.3 Å². The van der Waals surface area contributed by atoms with Crippen molar-refractivity contribution in [1.29, 1.82) is 0 Å². The van der Waals surface area contributed by atoms with Crippen molar-refractivity contribution in [3.63, 3.8) is 0 Å². The Hall–Kier alpha value is -1.14. The van der Waals surface area contributed by atoms with Gasteiger partial charge in [0, 0.05) is 6.42 Å². The molecule has 0 spiro atoms. The summed E-state index contributed by atoms with van der Waals surface area (Å²) >= 11 is 1.12. The Morgan fingerprint density at radius 1 is 1.27 bits per heavy atom. The van der Waals surface area contributed by atoms with E-state index in [1.807, 2.05) is 0 Å². The van der Waals surface area contributed by atoms with Gasteiger partial charge in [-0.2, -0.15) is 0 Å². The second-order valence-electron chi connectivity index (χ2n) is 2.98. The zero-order chi connectivity index (χ0) is 11.0. The molecule has 1 heterocycles. The number of hydrogen-bond donors (Lipinski definition) is 1. The number of aromatic nitrogens is 1. The van der Waals surface area contributed by atoms with Gasteiger partial charge < -0.3 is 5.73 Å². The normalized spacial score (nSPS) is 11.2. The van der Waals surface area contributed by atoms with Crippen LogP contribution in [0.15, 0.2) is 6.07 Å². The number of nitrogens with zero attached hydrogens (tertiary/aromatic N) is 1. The Balaban J connectivity index is 2.65. The monoisotopic (exact) mass is 232 g/mol. The van der Waals surface area contributed by atoms with Crippen molar-refractivity contribution in [1.82, 2.24) is 4.98 Å². The van der Waals surface area contributed by atoms with Gasteiger partial charge in [-0.15, -0.1) is 11.3 Å². The minimum Gasteiger partial charge on any atom is -0.330 e. The standard InChI is InChI=1S/C9H7F3N2S/c10-4-3-5-9(8(12)7(4)11)14-6(15-5)1-2-13/h3H,1-2,13H2. The summed E-state index contributed by atoms with van der Waals surface area (Å²) < 4.78 is 39.2. The molecule has 0 atom stereocenters. The Morgan fingerprint density at radius 2 is 2.00 bits per heavy atom. The van der Waals surface area contributed by atoms with E-state index in [1.165, 1.54) is 0 Å². The average molecular weight is 232 g/mol. The van der Waals surface area contributed by atoms with Gasteiger partial charge in [-0.1, -0.05) is 0 Å². The molecule has 0 fully saturated rings. The summed E-state index contributed by atoms with van der Waals surface area (Å²) in [4.78, 5) is 3.86. The molecule has 1 aromatic carbocycles. The summed E-state index contributed by atoms with van der Waals surface area (Å²) in [6.45, 7) is 0.367. The molecule has 0 unspecified atom stereocenters. The fourth-order valence-corrected chi connectivity index (χ4v) is 2.26. The molecular weight excluding hydrogens is 225 g/mol. The van der Waals surface area contributed by atoms with Crippen molar-refractivity contribution >= 4 is 21.6 Å². The molecule has 0 radical (unpaired) electrons. The third kappa shape index (κ3) is 1.70. The van der Waals surface area contributed by atoms with E-state index in [1.54, 1.807) is 0 Å². The summed E-state index contributed by atoms with van der Waals surface area (Å²) in [5.74, 6) is -3.90. The molecule has 0 saturated carbocycles. The fraction of sp³-hybridized carbons (Fsp3) is 0.222.